The number of nitrogens with one attached hydrogen (secondary N) is 1. The summed E-state index contributed by atoms with van der Waals surface area (Å²) in [5.74, 6) is 6.79. The summed E-state index contributed by atoms with van der Waals surface area (Å²) in [6.07, 6.45) is 5.51. The van der Waals surface area contributed by atoms with E-state index < -0.39 is 0 Å². The Labute approximate surface area is 121 Å². The third-order valence-corrected chi connectivity index (χ3v) is 4.12. The topological polar surface area (TPSA) is 51.2 Å². The fourth-order valence-corrected chi connectivity index (χ4v) is 2.84. The maximum Gasteiger partial charge on any atom is 0.0935 e. The number of furan rings is 1. The van der Waals surface area contributed by atoms with Crippen LogP contribution in [0.4, 0.5) is 0 Å². The van der Waals surface area contributed by atoms with Gasteiger partial charge in [-0.15, -0.1) is 0 Å². The van der Waals surface area contributed by atoms with Crippen molar-refractivity contribution in [1.82, 2.24) is 5.43 Å². The zero-order valence-corrected chi connectivity index (χ0v) is 12.3. The van der Waals surface area contributed by atoms with E-state index in [0.29, 0.717) is 11.8 Å². The molecule has 0 saturated carbocycles. The van der Waals surface area contributed by atoms with Crippen molar-refractivity contribution < 1.29 is 4.42 Å². The molecule has 108 valence electrons. The van der Waals surface area contributed by atoms with E-state index in [1.54, 1.807) is 12.5 Å². The Morgan fingerprint density at radius 1 is 1.20 bits per heavy atom. The maximum atomic E-state index is 5.84. The Bertz CT molecular complexity index is 481. The molecule has 2 rings (SSSR count). The SMILES string of the molecule is CCC(C)C(c1ccccc1)C(Cc1ccoc1)NN. The predicted molar refractivity (Wildman–Crippen MR) is 82.2 cm³/mol. The van der Waals surface area contributed by atoms with Gasteiger partial charge in [-0.2, -0.15) is 0 Å². The lowest BCUT2D eigenvalue weighted by Gasteiger charge is -2.31. The van der Waals surface area contributed by atoms with Crippen LogP contribution in [0.25, 0.3) is 0 Å². The van der Waals surface area contributed by atoms with Crippen molar-refractivity contribution in [2.75, 3.05) is 0 Å². The Balaban J connectivity index is 2.24. The van der Waals surface area contributed by atoms with Crippen LogP contribution in [-0.4, -0.2) is 6.04 Å². The first kappa shape index (κ1) is 14.8. The van der Waals surface area contributed by atoms with E-state index in [1.807, 2.05) is 6.07 Å². The lowest BCUT2D eigenvalue weighted by Crippen LogP contribution is -2.43. The molecule has 1 aromatic carbocycles. The van der Waals surface area contributed by atoms with Gasteiger partial charge in [-0.05, 0) is 29.5 Å². The van der Waals surface area contributed by atoms with Gasteiger partial charge in [0, 0.05) is 12.0 Å². The van der Waals surface area contributed by atoms with E-state index in [1.165, 1.54) is 11.1 Å². The van der Waals surface area contributed by atoms with Crippen molar-refractivity contribution in [3.8, 4) is 0 Å². The fraction of sp³-hybridized carbons (Fsp3) is 0.412. The van der Waals surface area contributed by atoms with E-state index in [-0.39, 0.29) is 6.04 Å². The zero-order valence-electron chi connectivity index (χ0n) is 12.3. The molecule has 1 heterocycles. The third-order valence-electron chi connectivity index (χ3n) is 4.12. The molecule has 1 aromatic heterocycles. The monoisotopic (exact) mass is 272 g/mol. The summed E-state index contributed by atoms with van der Waals surface area (Å²) in [6.45, 7) is 4.52. The molecule has 0 aliphatic rings. The second kappa shape index (κ2) is 7.27. The van der Waals surface area contributed by atoms with Gasteiger partial charge in [0.25, 0.3) is 0 Å². The Hall–Kier alpha value is -1.58. The van der Waals surface area contributed by atoms with E-state index >= 15 is 0 Å². The van der Waals surface area contributed by atoms with Gasteiger partial charge in [0.1, 0.15) is 0 Å². The number of hydrogen-bond acceptors (Lipinski definition) is 3. The van der Waals surface area contributed by atoms with Gasteiger partial charge in [-0.1, -0.05) is 50.6 Å². The minimum Gasteiger partial charge on any atom is -0.472 e. The third kappa shape index (κ3) is 3.50. The summed E-state index contributed by atoms with van der Waals surface area (Å²) in [5, 5.41) is 0. The highest BCUT2D eigenvalue weighted by molar-refractivity contribution is 5.23. The van der Waals surface area contributed by atoms with Crippen LogP contribution in [0.2, 0.25) is 0 Å². The summed E-state index contributed by atoms with van der Waals surface area (Å²) >= 11 is 0. The van der Waals surface area contributed by atoms with Crippen molar-refractivity contribution in [2.45, 2.75) is 38.6 Å². The van der Waals surface area contributed by atoms with Crippen LogP contribution in [0.1, 0.15) is 37.3 Å². The first-order chi connectivity index (χ1) is 9.76. The molecule has 2 aromatic rings. The molecular weight excluding hydrogens is 248 g/mol. The largest absolute Gasteiger partial charge is 0.472 e. The van der Waals surface area contributed by atoms with Gasteiger partial charge in [-0.25, -0.2) is 0 Å². The quantitative estimate of drug-likeness (QED) is 0.599. The fourth-order valence-electron chi connectivity index (χ4n) is 2.84. The summed E-state index contributed by atoms with van der Waals surface area (Å²) in [6, 6.07) is 12.8. The summed E-state index contributed by atoms with van der Waals surface area (Å²) < 4.78 is 5.16. The number of rotatable bonds is 7. The highest BCUT2D eigenvalue weighted by atomic mass is 16.3. The van der Waals surface area contributed by atoms with E-state index in [9.17, 15) is 0 Å². The molecule has 0 spiro atoms. The lowest BCUT2D eigenvalue weighted by molar-refractivity contribution is 0.335. The first-order valence-corrected chi connectivity index (χ1v) is 7.28. The average molecular weight is 272 g/mol. The molecule has 3 atom stereocenters. The number of hydrogen-bond donors (Lipinski definition) is 2. The minimum atomic E-state index is 0.199. The Morgan fingerprint density at radius 2 is 1.95 bits per heavy atom. The molecule has 0 aliphatic heterocycles. The smallest absolute Gasteiger partial charge is 0.0935 e. The molecule has 0 aliphatic carbocycles. The molecule has 0 amide bonds. The molecule has 20 heavy (non-hydrogen) atoms. The van der Waals surface area contributed by atoms with Crippen molar-refractivity contribution in [3.05, 3.63) is 60.1 Å². The van der Waals surface area contributed by atoms with Crippen LogP contribution in [0.3, 0.4) is 0 Å². The lowest BCUT2D eigenvalue weighted by atomic mass is 9.78. The predicted octanol–water partition coefficient (Wildman–Crippen LogP) is 3.48. The van der Waals surface area contributed by atoms with Crippen molar-refractivity contribution >= 4 is 0 Å². The molecule has 0 saturated heterocycles. The molecule has 0 radical (unpaired) electrons. The van der Waals surface area contributed by atoms with Crippen molar-refractivity contribution in [2.24, 2.45) is 11.8 Å². The summed E-state index contributed by atoms with van der Waals surface area (Å²) in [5.41, 5.74) is 5.53. The van der Waals surface area contributed by atoms with Crippen molar-refractivity contribution in [3.63, 3.8) is 0 Å². The summed E-state index contributed by atoms with van der Waals surface area (Å²) in [4.78, 5) is 0. The highest BCUT2D eigenvalue weighted by Crippen LogP contribution is 2.31. The zero-order chi connectivity index (χ0) is 14.4. The Morgan fingerprint density at radius 3 is 2.50 bits per heavy atom. The van der Waals surface area contributed by atoms with E-state index in [2.05, 4.69) is 49.6 Å². The molecule has 0 fully saturated rings. The summed E-state index contributed by atoms with van der Waals surface area (Å²) in [7, 11) is 0. The molecule has 3 heteroatoms. The molecule has 0 bridgehead atoms. The van der Waals surface area contributed by atoms with Crippen LogP contribution >= 0.6 is 0 Å². The second-order valence-electron chi connectivity index (χ2n) is 5.43. The maximum absolute atomic E-state index is 5.84. The molecular formula is C17H24N2O. The molecule has 3 unspecified atom stereocenters. The minimum absolute atomic E-state index is 0.199. The van der Waals surface area contributed by atoms with Crippen LogP contribution in [0, 0.1) is 5.92 Å². The normalized spacial score (nSPS) is 15.8. The first-order valence-electron chi connectivity index (χ1n) is 7.28. The van der Waals surface area contributed by atoms with Crippen molar-refractivity contribution in [1.29, 1.82) is 0 Å². The van der Waals surface area contributed by atoms with Gasteiger partial charge in [-0.3, -0.25) is 11.3 Å². The number of hydrazine groups is 1. The Kier molecular flexibility index (Phi) is 5.39. The van der Waals surface area contributed by atoms with E-state index in [4.69, 9.17) is 10.3 Å². The average Bonchev–Trinajstić information content (AvgIpc) is 3.00. The van der Waals surface area contributed by atoms with Crippen LogP contribution in [-0.2, 0) is 6.42 Å². The number of benzene rings is 1. The van der Waals surface area contributed by atoms with Crippen LogP contribution < -0.4 is 11.3 Å². The highest BCUT2D eigenvalue weighted by Gasteiger charge is 2.27. The standard InChI is InChI=1S/C17H24N2O/c1-3-13(2)17(15-7-5-4-6-8-15)16(19-18)11-14-9-10-20-12-14/h4-10,12-13,16-17,19H,3,11,18H2,1-2H3. The number of nitrogens with two attached hydrogens (primary N) is 1. The van der Waals surface area contributed by atoms with Gasteiger partial charge < -0.3 is 4.42 Å². The second-order valence-corrected chi connectivity index (χ2v) is 5.43. The van der Waals surface area contributed by atoms with Gasteiger partial charge in [0.2, 0.25) is 0 Å². The van der Waals surface area contributed by atoms with Gasteiger partial charge >= 0.3 is 0 Å². The van der Waals surface area contributed by atoms with Gasteiger partial charge in [0.05, 0.1) is 12.5 Å². The van der Waals surface area contributed by atoms with E-state index in [0.717, 1.165) is 12.8 Å². The van der Waals surface area contributed by atoms with Gasteiger partial charge in [0.15, 0.2) is 0 Å². The molecule has 3 N–H and O–H groups in total. The van der Waals surface area contributed by atoms with Crippen LogP contribution in [0.5, 0.6) is 0 Å². The molecule has 3 nitrogen and oxygen atoms in total. The van der Waals surface area contributed by atoms with Crippen LogP contribution in [0.15, 0.2) is 53.3 Å².